The third kappa shape index (κ3) is 6.00. The molecule has 0 heterocycles. The molecule has 0 unspecified atom stereocenters. The molecule has 0 aliphatic heterocycles. The van der Waals surface area contributed by atoms with Gasteiger partial charge >= 0.3 is 6.18 Å². The molecule has 2 aromatic rings. The molecule has 2 N–H and O–H groups in total. The van der Waals surface area contributed by atoms with Crippen molar-refractivity contribution in [2.24, 2.45) is 0 Å². The Hall–Kier alpha value is -3.03. The van der Waals surface area contributed by atoms with E-state index in [1.165, 1.54) is 13.0 Å². The van der Waals surface area contributed by atoms with Crippen LogP contribution in [-0.4, -0.2) is 18.4 Å². The number of carbonyl (C=O) groups is 2. The van der Waals surface area contributed by atoms with Gasteiger partial charge in [-0.3, -0.25) is 9.59 Å². The Kier molecular flexibility index (Phi) is 6.66. The van der Waals surface area contributed by atoms with E-state index in [9.17, 15) is 22.8 Å². The highest BCUT2D eigenvalue weighted by Crippen LogP contribution is 2.36. The van der Waals surface area contributed by atoms with Crippen molar-refractivity contribution in [2.75, 3.05) is 17.2 Å². The Morgan fingerprint density at radius 3 is 2.36 bits per heavy atom. The predicted octanol–water partition coefficient (Wildman–Crippen LogP) is 4.69. The molecule has 0 radical (unpaired) electrons. The molecular formula is C20H21F3N2O3. The zero-order valence-corrected chi connectivity index (χ0v) is 15.7. The fourth-order valence-electron chi connectivity index (χ4n) is 2.60. The van der Waals surface area contributed by atoms with Crippen LogP contribution >= 0.6 is 0 Å². The van der Waals surface area contributed by atoms with Gasteiger partial charge in [-0.2, -0.15) is 13.2 Å². The van der Waals surface area contributed by atoms with Gasteiger partial charge in [-0.15, -0.1) is 0 Å². The molecule has 8 heteroatoms. The SMILES string of the molecule is CC(=O)Nc1ccc(NC(=O)CCOc2ccc(C)cc2C)c(C(F)(F)F)c1. The first-order chi connectivity index (χ1) is 13.1. The van der Waals surface area contributed by atoms with Crippen molar-refractivity contribution in [3.63, 3.8) is 0 Å². The second kappa shape index (κ2) is 8.77. The molecule has 0 aliphatic rings. The summed E-state index contributed by atoms with van der Waals surface area (Å²) in [6.07, 6.45) is -4.80. The maximum absolute atomic E-state index is 13.3. The lowest BCUT2D eigenvalue weighted by atomic mass is 10.1. The van der Waals surface area contributed by atoms with Crippen LogP contribution in [0.25, 0.3) is 0 Å². The lowest BCUT2D eigenvalue weighted by Gasteiger charge is -2.16. The first kappa shape index (κ1) is 21.3. The first-order valence-corrected chi connectivity index (χ1v) is 8.55. The van der Waals surface area contributed by atoms with Crippen molar-refractivity contribution in [1.29, 1.82) is 0 Å². The minimum Gasteiger partial charge on any atom is -0.493 e. The fraction of sp³-hybridized carbons (Fsp3) is 0.300. The number of amides is 2. The average molecular weight is 394 g/mol. The van der Waals surface area contributed by atoms with E-state index in [0.717, 1.165) is 23.3 Å². The highest BCUT2D eigenvalue weighted by atomic mass is 19.4. The molecule has 0 saturated heterocycles. The number of aryl methyl sites for hydroxylation is 2. The van der Waals surface area contributed by atoms with Gasteiger partial charge in [0.05, 0.1) is 24.3 Å². The van der Waals surface area contributed by atoms with E-state index in [1.807, 2.05) is 26.0 Å². The maximum Gasteiger partial charge on any atom is 0.418 e. The number of anilines is 2. The molecule has 0 fully saturated rings. The van der Waals surface area contributed by atoms with Gasteiger partial charge in [-0.1, -0.05) is 17.7 Å². The van der Waals surface area contributed by atoms with Crippen molar-refractivity contribution in [3.05, 3.63) is 53.1 Å². The fourth-order valence-corrected chi connectivity index (χ4v) is 2.60. The van der Waals surface area contributed by atoms with Crippen molar-refractivity contribution in [1.82, 2.24) is 0 Å². The van der Waals surface area contributed by atoms with Crippen LogP contribution in [0.1, 0.15) is 30.0 Å². The first-order valence-electron chi connectivity index (χ1n) is 8.55. The summed E-state index contributed by atoms with van der Waals surface area (Å²) in [4.78, 5) is 23.1. The number of alkyl halides is 3. The third-order valence-electron chi connectivity index (χ3n) is 3.84. The van der Waals surface area contributed by atoms with Crippen molar-refractivity contribution < 1.29 is 27.5 Å². The minimum atomic E-state index is -4.69. The van der Waals surface area contributed by atoms with Crippen LogP contribution in [0.3, 0.4) is 0 Å². The number of hydrogen-bond donors (Lipinski definition) is 2. The van der Waals surface area contributed by atoms with Gasteiger partial charge in [0, 0.05) is 12.6 Å². The lowest BCUT2D eigenvalue weighted by Crippen LogP contribution is -2.19. The van der Waals surface area contributed by atoms with E-state index in [4.69, 9.17) is 4.74 Å². The van der Waals surface area contributed by atoms with E-state index in [0.29, 0.717) is 5.75 Å². The Morgan fingerprint density at radius 2 is 1.75 bits per heavy atom. The summed E-state index contributed by atoms with van der Waals surface area (Å²) in [7, 11) is 0. The van der Waals surface area contributed by atoms with Gasteiger partial charge in [-0.05, 0) is 43.7 Å². The van der Waals surface area contributed by atoms with Gasteiger partial charge < -0.3 is 15.4 Å². The van der Waals surface area contributed by atoms with E-state index < -0.39 is 23.6 Å². The lowest BCUT2D eigenvalue weighted by molar-refractivity contribution is -0.137. The molecule has 28 heavy (non-hydrogen) atoms. The molecule has 0 atom stereocenters. The largest absolute Gasteiger partial charge is 0.493 e. The molecule has 0 spiro atoms. The van der Waals surface area contributed by atoms with Crippen LogP contribution in [0.5, 0.6) is 5.75 Å². The van der Waals surface area contributed by atoms with Crippen LogP contribution in [0.15, 0.2) is 36.4 Å². The number of carbonyl (C=O) groups excluding carboxylic acids is 2. The smallest absolute Gasteiger partial charge is 0.418 e. The number of hydrogen-bond acceptors (Lipinski definition) is 3. The summed E-state index contributed by atoms with van der Waals surface area (Å²) in [6, 6.07) is 8.76. The van der Waals surface area contributed by atoms with Gasteiger partial charge in [0.2, 0.25) is 11.8 Å². The Bertz CT molecular complexity index is 879. The second-order valence-electron chi connectivity index (χ2n) is 6.35. The molecule has 5 nitrogen and oxygen atoms in total. The zero-order valence-electron chi connectivity index (χ0n) is 15.7. The summed E-state index contributed by atoms with van der Waals surface area (Å²) >= 11 is 0. The molecule has 0 bridgehead atoms. The van der Waals surface area contributed by atoms with Crippen LogP contribution in [-0.2, 0) is 15.8 Å². The van der Waals surface area contributed by atoms with Crippen LogP contribution in [0, 0.1) is 13.8 Å². The normalized spacial score (nSPS) is 11.1. The van der Waals surface area contributed by atoms with Crippen LogP contribution in [0.4, 0.5) is 24.5 Å². The minimum absolute atomic E-state index is 0.00370. The van der Waals surface area contributed by atoms with E-state index >= 15 is 0 Å². The number of ether oxygens (including phenoxy) is 1. The van der Waals surface area contributed by atoms with Gasteiger partial charge in [0.15, 0.2) is 0 Å². The van der Waals surface area contributed by atoms with Crippen LogP contribution in [0.2, 0.25) is 0 Å². The Labute approximate surface area is 160 Å². The second-order valence-corrected chi connectivity index (χ2v) is 6.35. The number of rotatable bonds is 6. The summed E-state index contributed by atoms with van der Waals surface area (Å²) in [5.74, 6) is -0.481. The number of benzene rings is 2. The van der Waals surface area contributed by atoms with Gasteiger partial charge in [-0.25, -0.2) is 0 Å². The monoisotopic (exact) mass is 394 g/mol. The number of halogens is 3. The summed E-state index contributed by atoms with van der Waals surface area (Å²) in [6.45, 7) is 5.04. The highest BCUT2D eigenvalue weighted by molar-refractivity contribution is 5.93. The zero-order chi connectivity index (χ0) is 20.9. The Balaban J connectivity index is 2.03. The number of nitrogens with one attached hydrogen (secondary N) is 2. The predicted molar refractivity (Wildman–Crippen MR) is 100 cm³/mol. The molecule has 0 saturated carbocycles. The Morgan fingerprint density at radius 1 is 1.04 bits per heavy atom. The topological polar surface area (TPSA) is 67.4 Å². The molecule has 0 aliphatic carbocycles. The maximum atomic E-state index is 13.3. The average Bonchev–Trinajstić information content (AvgIpc) is 2.57. The van der Waals surface area contributed by atoms with E-state index in [2.05, 4.69) is 10.6 Å². The van der Waals surface area contributed by atoms with Crippen molar-refractivity contribution >= 4 is 23.2 Å². The molecular weight excluding hydrogens is 373 g/mol. The van der Waals surface area contributed by atoms with Crippen LogP contribution < -0.4 is 15.4 Å². The molecule has 2 amide bonds. The van der Waals surface area contributed by atoms with E-state index in [1.54, 1.807) is 6.07 Å². The molecule has 0 aromatic heterocycles. The van der Waals surface area contributed by atoms with Gasteiger partial charge in [0.1, 0.15) is 5.75 Å². The highest BCUT2D eigenvalue weighted by Gasteiger charge is 2.34. The van der Waals surface area contributed by atoms with Crippen molar-refractivity contribution in [3.8, 4) is 5.75 Å². The van der Waals surface area contributed by atoms with E-state index in [-0.39, 0.29) is 24.4 Å². The quantitative estimate of drug-likeness (QED) is 0.747. The summed E-state index contributed by atoms with van der Waals surface area (Å²) in [5, 5.41) is 4.54. The molecule has 2 aromatic carbocycles. The van der Waals surface area contributed by atoms with Crippen molar-refractivity contribution in [2.45, 2.75) is 33.4 Å². The summed E-state index contributed by atoms with van der Waals surface area (Å²) in [5.41, 5.74) is 0.565. The molecule has 2 rings (SSSR count). The standard InChI is InChI=1S/C20H21F3N2O3/c1-12-4-7-18(13(2)10-12)28-9-8-19(27)25-17-6-5-15(24-14(3)26)11-16(17)20(21,22)23/h4-7,10-11H,8-9H2,1-3H3,(H,24,26)(H,25,27). The third-order valence-corrected chi connectivity index (χ3v) is 3.84. The summed E-state index contributed by atoms with van der Waals surface area (Å²) < 4.78 is 45.4. The van der Waals surface area contributed by atoms with Gasteiger partial charge in [0.25, 0.3) is 0 Å². The molecule has 150 valence electrons.